The zero-order valence-electron chi connectivity index (χ0n) is 9.50. The predicted octanol–water partition coefficient (Wildman–Crippen LogP) is 1.63. The second kappa shape index (κ2) is 4.13. The van der Waals surface area contributed by atoms with E-state index < -0.39 is 0 Å². The number of hydrogen-bond donors (Lipinski definition) is 1. The number of hydroxylamine groups is 1. The molecular weight excluding hydrogens is 218 g/mol. The molecule has 1 amide bonds. The molecule has 3 rings (SSSR count). The van der Waals surface area contributed by atoms with Gasteiger partial charge in [0.1, 0.15) is 0 Å². The van der Waals surface area contributed by atoms with E-state index in [1.807, 2.05) is 12.1 Å². The SMILES string of the molecule is O=C1CC(C2CC2)ON1c1ccccc1CO. The van der Waals surface area contributed by atoms with E-state index in [-0.39, 0.29) is 18.6 Å². The summed E-state index contributed by atoms with van der Waals surface area (Å²) < 4.78 is 0. The van der Waals surface area contributed by atoms with Crippen LogP contribution in [0.4, 0.5) is 5.69 Å². The van der Waals surface area contributed by atoms with Crippen molar-refractivity contribution in [2.24, 2.45) is 5.92 Å². The summed E-state index contributed by atoms with van der Waals surface area (Å²) in [5.74, 6) is 0.535. The Kier molecular flexibility index (Phi) is 2.61. The molecule has 0 radical (unpaired) electrons. The van der Waals surface area contributed by atoms with Crippen molar-refractivity contribution in [2.75, 3.05) is 5.06 Å². The maximum atomic E-state index is 11.9. The number of amides is 1. The molecule has 1 aromatic rings. The second-order valence-electron chi connectivity index (χ2n) is 4.66. The number of aliphatic hydroxyl groups is 1. The van der Waals surface area contributed by atoms with E-state index in [4.69, 9.17) is 4.84 Å². The largest absolute Gasteiger partial charge is 0.392 e. The predicted molar refractivity (Wildman–Crippen MR) is 62.1 cm³/mol. The van der Waals surface area contributed by atoms with Gasteiger partial charge in [-0.2, -0.15) is 5.06 Å². The summed E-state index contributed by atoms with van der Waals surface area (Å²) in [5.41, 5.74) is 1.39. The Labute approximate surface area is 99.8 Å². The molecule has 2 fully saturated rings. The van der Waals surface area contributed by atoms with Crippen LogP contribution in [0.1, 0.15) is 24.8 Å². The fourth-order valence-electron chi connectivity index (χ4n) is 2.24. The average Bonchev–Trinajstić information content (AvgIpc) is 3.13. The number of carbonyl (C=O) groups excluding carboxylic acids is 1. The van der Waals surface area contributed by atoms with Crippen molar-refractivity contribution in [1.82, 2.24) is 0 Å². The van der Waals surface area contributed by atoms with Gasteiger partial charge in [0, 0.05) is 5.56 Å². The third-order valence-corrected chi connectivity index (χ3v) is 3.37. The summed E-state index contributed by atoms with van der Waals surface area (Å²) >= 11 is 0. The second-order valence-corrected chi connectivity index (χ2v) is 4.66. The van der Waals surface area contributed by atoms with E-state index in [9.17, 15) is 9.90 Å². The molecule has 1 aliphatic heterocycles. The van der Waals surface area contributed by atoms with Crippen molar-refractivity contribution in [1.29, 1.82) is 0 Å². The van der Waals surface area contributed by atoms with Gasteiger partial charge in [-0.1, -0.05) is 18.2 Å². The Bertz CT molecular complexity index is 442. The fourth-order valence-corrected chi connectivity index (χ4v) is 2.24. The Morgan fingerprint density at radius 2 is 2.12 bits per heavy atom. The van der Waals surface area contributed by atoms with Gasteiger partial charge in [-0.25, -0.2) is 0 Å². The zero-order valence-corrected chi connectivity index (χ0v) is 9.50. The number of carbonyl (C=O) groups is 1. The van der Waals surface area contributed by atoms with Crippen LogP contribution in [-0.2, 0) is 16.2 Å². The number of para-hydroxylation sites is 1. The average molecular weight is 233 g/mol. The first-order valence-corrected chi connectivity index (χ1v) is 5.98. The standard InChI is InChI=1S/C13H15NO3/c15-8-10-3-1-2-4-11(10)14-13(16)7-12(17-14)9-5-6-9/h1-4,9,12,15H,5-8H2. The van der Waals surface area contributed by atoms with Gasteiger partial charge in [0.05, 0.1) is 24.8 Å². The molecule has 0 spiro atoms. The lowest BCUT2D eigenvalue weighted by atomic mass is 10.1. The smallest absolute Gasteiger partial charge is 0.253 e. The summed E-state index contributed by atoms with van der Waals surface area (Å²) in [5, 5.41) is 10.6. The lowest BCUT2D eigenvalue weighted by molar-refractivity contribution is -0.119. The first kappa shape index (κ1) is 10.7. The van der Waals surface area contributed by atoms with Gasteiger partial charge in [-0.15, -0.1) is 0 Å². The van der Waals surface area contributed by atoms with Crippen LogP contribution in [0.2, 0.25) is 0 Å². The van der Waals surface area contributed by atoms with Crippen LogP contribution in [-0.4, -0.2) is 17.1 Å². The first-order valence-electron chi connectivity index (χ1n) is 5.98. The molecule has 1 heterocycles. The highest BCUT2D eigenvalue weighted by Gasteiger charge is 2.42. The minimum Gasteiger partial charge on any atom is -0.392 e. The van der Waals surface area contributed by atoms with Crippen molar-refractivity contribution in [3.05, 3.63) is 29.8 Å². The molecule has 1 N–H and O–H groups in total. The van der Waals surface area contributed by atoms with Crippen LogP contribution >= 0.6 is 0 Å². The quantitative estimate of drug-likeness (QED) is 0.863. The molecule has 2 aliphatic rings. The van der Waals surface area contributed by atoms with Gasteiger partial charge in [0.15, 0.2) is 0 Å². The van der Waals surface area contributed by atoms with Gasteiger partial charge in [0.25, 0.3) is 5.91 Å². The van der Waals surface area contributed by atoms with Crippen molar-refractivity contribution < 1.29 is 14.7 Å². The van der Waals surface area contributed by atoms with Crippen LogP contribution in [0.3, 0.4) is 0 Å². The third kappa shape index (κ3) is 1.94. The van der Waals surface area contributed by atoms with Crippen molar-refractivity contribution >= 4 is 11.6 Å². The van der Waals surface area contributed by atoms with Crippen molar-refractivity contribution in [3.63, 3.8) is 0 Å². The lowest BCUT2D eigenvalue weighted by Gasteiger charge is -2.18. The molecule has 0 aromatic heterocycles. The summed E-state index contributed by atoms with van der Waals surface area (Å²) in [6.45, 7) is -0.0859. The molecule has 1 aromatic carbocycles. The highest BCUT2D eigenvalue weighted by atomic mass is 16.7. The maximum Gasteiger partial charge on any atom is 0.253 e. The Morgan fingerprint density at radius 3 is 2.82 bits per heavy atom. The summed E-state index contributed by atoms with van der Waals surface area (Å²) in [7, 11) is 0. The highest BCUT2D eigenvalue weighted by Crippen LogP contribution is 2.40. The Morgan fingerprint density at radius 1 is 1.35 bits per heavy atom. The molecule has 1 aliphatic carbocycles. The van der Waals surface area contributed by atoms with Crippen LogP contribution in [0, 0.1) is 5.92 Å². The monoisotopic (exact) mass is 233 g/mol. The maximum absolute atomic E-state index is 11.9. The number of benzene rings is 1. The summed E-state index contributed by atoms with van der Waals surface area (Å²) in [6.07, 6.45) is 2.82. The number of hydrogen-bond acceptors (Lipinski definition) is 3. The number of anilines is 1. The molecule has 1 unspecified atom stereocenters. The summed E-state index contributed by atoms with van der Waals surface area (Å²) in [6, 6.07) is 7.29. The van der Waals surface area contributed by atoms with E-state index in [0.29, 0.717) is 18.0 Å². The topological polar surface area (TPSA) is 49.8 Å². The van der Waals surface area contributed by atoms with Crippen LogP contribution < -0.4 is 5.06 Å². The van der Waals surface area contributed by atoms with E-state index in [0.717, 1.165) is 18.4 Å². The van der Waals surface area contributed by atoms with Crippen LogP contribution in [0.5, 0.6) is 0 Å². The molecule has 1 saturated carbocycles. The van der Waals surface area contributed by atoms with E-state index in [1.54, 1.807) is 12.1 Å². The van der Waals surface area contributed by atoms with Gasteiger partial charge in [-0.05, 0) is 24.8 Å². The Hall–Kier alpha value is -1.39. The first-order chi connectivity index (χ1) is 8.29. The van der Waals surface area contributed by atoms with E-state index in [1.165, 1.54) is 5.06 Å². The van der Waals surface area contributed by atoms with Gasteiger partial charge >= 0.3 is 0 Å². The van der Waals surface area contributed by atoms with E-state index in [2.05, 4.69) is 0 Å². The lowest BCUT2D eigenvalue weighted by Crippen LogP contribution is -2.24. The minimum atomic E-state index is -0.0859. The molecular formula is C13H15NO3. The van der Waals surface area contributed by atoms with Crippen molar-refractivity contribution in [2.45, 2.75) is 32.0 Å². The molecule has 4 nitrogen and oxygen atoms in total. The molecule has 4 heteroatoms. The molecule has 0 bridgehead atoms. The zero-order chi connectivity index (χ0) is 11.8. The van der Waals surface area contributed by atoms with Gasteiger partial charge in [-0.3, -0.25) is 9.63 Å². The highest BCUT2D eigenvalue weighted by molar-refractivity contribution is 5.94. The van der Waals surface area contributed by atoms with Gasteiger partial charge < -0.3 is 5.11 Å². The minimum absolute atomic E-state index is 0.0113. The fraction of sp³-hybridized carbons (Fsp3) is 0.462. The van der Waals surface area contributed by atoms with Crippen LogP contribution in [0.15, 0.2) is 24.3 Å². The number of nitrogens with zero attached hydrogens (tertiary/aromatic N) is 1. The Balaban J connectivity index is 1.85. The molecule has 17 heavy (non-hydrogen) atoms. The number of aliphatic hydroxyl groups excluding tert-OH is 1. The van der Waals surface area contributed by atoms with Crippen LogP contribution in [0.25, 0.3) is 0 Å². The molecule has 90 valence electrons. The van der Waals surface area contributed by atoms with Gasteiger partial charge in [0.2, 0.25) is 0 Å². The molecule has 1 saturated heterocycles. The normalized spacial score (nSPS) is 24.4. The van der Waals surface area contributed by atoms with E-state index >= 15 is 0 Å². The van der Waals surface area contributed by atoms with Crippen molar-refractivity contribution in [3.8, 4) is 0 Å². The third-order valence-electron chi connectivity index (χ3n) is 3.37. The molecule has 1 atom stereocenters. The number of rotatable bonds is 3. The summed E-state index contributed by atoms with van der Waals surface area (Å²) in [4.78, 5) is 17.6.